The first kappa shape index (κ1) is 8.15. The molecule has 50 valence electrons. The van der Waals surface area contributed by atoms with Crippen molar-refractivity contribution >= 4 is 5.71 Å². The minimum atomic E-state index is 1.03. The Bertz CT molecular complexity index is 152. The maximum atomic E-state index is 3.97. The Balaban J connectivity index is 4.11. The van der Waals surface area contributed by atoms with Crippen molar-refractivity contribution in [2.45, 2.75) is 13.8 Å². The molecule has 0 spiro atoms. The molecular formula is C8H13N. The number of allylic oxidation sites excluding steroid dienone is 3. The molecule has 0 rings (SSSR count). The van der Waals surface area contributed by atoms with Gasteiger partial charge in [0.1, 0.15) is 0 Å². The van der Waals surface area contributed by atoms with E-state index in [0.717, 1.165) is 11.3 Å². The molecule has 0 amide bonds. The summed E-state index contributed by atoms with van der Waals surface area (Å²) >= 11 is 0. The summed E-state index contributed by atoms with van der Waals surface area (Å²) in [4.78, 5) is 3.97. The minimum absolute atomic E-state index is 1.03. The van der Waals surface area contributed by atoms with Crippen molar-refractivity contribution < 1.29 is 0 Å². The van der Waals surface area contributed by atoms with Gasteiger partial charge in [-0.3, -0.25) is 4.99 Å². The molecule has 0 aliphatic rings. The van der Waals surface area contributed by atoms with E-state index in [1.807, 2.05) is 26.0 Å². The van der Waals surface area contributed by atoms with E-state index in [-0.39, 0.29) is 0 Å². The normalized spacial score (nSPS) is 13.7. The van der Waals surface area contributed by atoms with Crippen LogP contribution in [0.3, 0.4) is 0 Å². The van der Waals surface area contributed by atoms with Crippen LogP contribution in [0.25, 0.3) is 0 Å². The Morgan fingerprint density at radius 1 is 1.44 bits per heavy atom. The second-order valence-corrected chi connectivity index (χ2v) is 1.96. The van der Waals surface area contributed by atoms with Gasteiger partial charge in [-0.25, -0.2) is 0 Å². The zero-order valence-corrected chi connectivity index (χ0v) is 6.31. The summed E-state index contributed by atoms with van der Waals surface area (Å²) in [7, 11) is 1.78. The van der Waals surface area contributed by atoms with Gasteiger partial charge in [-0.1, -0.05) is 12.7 Å². The SMILES string of the molecule is C=C/C(C)=C/C(C)=NC. The van der Waals surface area contributed by atoms with Gasteiger partial charge in [0.05, 0.1) is 0 Å². The molecule has 0 radical (unpaired) electrons. The molecule has 1 nitrogen and oxygen atoms in total. The number of hydrogen-bond acceptors (Lipinski definition) is 1. The summed E-state index contributed by atoms with van der Waals surface area (Å²) in [5, 5.41) is 0. The molecule has 1 heteroatoms. The first-order valence-electron chi connectivity index (χ1n) is 2.95. The van der Waals surface area contributed by atoms with Gasteiger partial charge < -0.3 is 0 Å². The van der Waals surface area contributed by atoms with Crippen LogP contribution < -0.4 is 0 Å². The van der Waals surface area contributed by atoms with Crippen LogP contribution >= 0.6 is 0 Å². The zero-order valence-electron chi connectivity index (χ0n) is 6.31. The van der Waals surface area contributed by atoms with Gasteiger partial charge >= 0.3 is 0 Å². The molecule has 0 heterocycles. The Hall–Kier alpha value is -0.850. The monoisotopic (exact) mass is 123 g/mol. The van der Waals surface area contributed by atoms with E-state index >= 15 is 0 Å². The molecule has 0 aliphatic heterocycles. The molecule has 0 saturated carbocycles. The van der Waals surface area contributed by atoms with Crippen LogP contribution in [0, 0.1) is 0 Å². The van der Waals surface area contributed by atoms with Crippen molar-refractivity contribution in [2.75, 3.05) is 7.05 Å². The molecule has 9 heavy (non-hydrogen) atoms. The van der Waals surface area contributed by atoms with E-state index in [1.165, 1.54) is 0 Å². The summed E-state index contributed by atoms with van der Waals surface area (Å²) in [6.07, 6.45) is 3.81. The second kappa shape index (κ2) is 4.07. The summed E-state index contributed by atoms with van der Waals surface area (Å²) in [5.74, 6) is 0. The maximum absolute atomic E-state index is 3.97. The van der Waals surface area contributed by atoms with Crippen LogP contribution in [0.2, 0.25) is 0 Å². The Kier molecular flexibility index (Phi) is 3.69. The summed E-state index contributed by atoms with van der Waals surface area (Å²) < 4.78 is 0. The highest BCUT2D eigenvalue weighted by atomic mass is 14.7. The highest BCUT2D eigenvalue weighted by Crippen LogP contribution is 1.92. The van der Waals surface area contributed by atoms with Gasteiger partial charge in [-0.15, -0.1) is 0 Å². The fourth-order valence-electron chi connectivity index (χ4n) is 0.453. The van der Waals surface area contributed by atoms with E-state index in [4.69, 9.17) is 0 Å². The van der Waals surface area contributed by atoms with Crippen LogP contribution in [-0.2, 0) is 0 Å². The molecule has 0 saturated heterocycles. The topological polar surface area (TPSA) is 12.4 Å². The molecule has 0 atom stereocenters. The van der Waals surface area contributed by atoms with Crippen molar-refractivity contribution in [2.24, 2.45) is 4.99 Å². The standard InChI is InChI=1S/C8H13N/c1-5-7(2)6-8(3)9-4/h5-6H,1H2,2-4H3/b7-6+,9-8?. The third-order valence-electron chi connectivity index (χ3n) is 1.11. The highest BCUT2D eigenvalue weighted by Gasteiger charge is 1.81. The van der Waals surface area contributed by atoms with Crippen LogP contribution in [0.4, 0.5) is 0 Å². The van der Waals surface area contributed by atoms with Crippen molar-refractivity contribution in [3.05, 3.63) is 24.3 Å². The first-order valence-corrected chi connectivity index (χ1v) is 2.95. The van der Waals surface area contributed by atoms with Crippen LogP contribution in [0.15, 0.2) is 29.3 Å². The van der Waals surface area contributed by atoms with Crippen molar-refractivity contribution in [3.8, 4) is 0 Å². The van der Waals surface area contributed by atoms with Crippen molar-refractivity contribution in [1.82, 2.24) is 0 Å². The smallest absolute Gasteiger partial charge is 0.0316 e. The lowest BCUT2D eigenvalue weighted by Gasteiger charge is -1.89. The maximum Gasteiger partial charge on any atom is 0.0316 e. The van der Waals surface area contributed by atoms with E-state index in [1.54, 1.807) is 7.05 Å². The van der Waals surface area contributed by atoms with Crippen LogP contribution in [0.1, 0.15) is 13.8 Å². The van der Waals surface area contributed by atoms with Gasteiger partial charge in [-0.2, -0.15) is 0 Å². The quantitative estimate of drug-likeness (QED) is 0.394. The molecular weight excluding hydrogens is 110 g/mol. The predicted molar refractivity (Wildman–Crippen MR) is 43.0 cm³/mol. The average molecular weight is 123 g/mol. The fourth-order valence-corrected chi connectivity index (χ4v) is 0.453. The van der Waals surface area contributed by atoms with Gasteiger partial charge in [0.25, 0.3) is 0 Å². The summed E-state index contributed by atoms with van der Waals surface area (Å²) in [6, 6.07) is 0. The minimum Gasteiger partial charge on any atom is -0.293 e. The molecule has 0 aromatic heterocycles. The van der Waals surface area contributed by atoms with E-state index in [9.17, 15) is 0 Å². The third kappa shape index (κ3) is 3.71. The number of aliphatic imine (C=N–C) groups is 1. The third-order valence-corrected chi connectivity index (χ3v) is 1.11. The highest BCUT2D eigenvalue weighted by molar-refractivity contribution is 5.93. The van der Waals surface area contributed by atoms with Gasteiger partial charge in [0.15, 0.2) is 0 Å². The molecule has 0 unspecified atom stereocenters. The summed E-state index contributed by atoms with van der Waals surface area (Å²) in [6.45, 7) is 7.59. The largest absolute Gasteiger partial charge is 0.293 e. The molecule has 0 fully saturated rings. The number of nitrogens with zero attached hydrogens (tertiary/aromatic N) is 1. The van der Waals surface area contributed by atoms with Crippen LogP contribution in [-0.4, -0.2) is 12.8 Å². The summed E-state index contributed by atoms with van der Waals surface area (Å²) in [5.41, 5.74) is 2.19. The Labute approximate surface area is 56.8 Å². The van der Waals surface area contributed by atoms with E-state index in [0.29, 0.717) is 0 Å². The molecule has 0 aliphatic carbocycles. The van der Waals surface area contributed by atoms with Crippen molar-refractivity contribution in [1.29, 1.82) is 0 Å². The van der Waals surface area contributed by atoms with Crippen molar-refractivity contribution in [3.63, 3.8) is 0 Å². The number of rotatable bonds is 2. The van der Waals surface area contributed by atoms with Crippen LogP contribution in [0.5, 0.6) is 0 Å². The lowest BCUT2D eigenvalue weighted by Crippen LogP contribution is -1.83. The van der Waals surface area contributed by atoms with E-state index < -0.39 is 0 Å². The lowest BCUT2D eigenvalue weighted by atomic mass is 10.2. The van der Waals surface area contributed by atoms with E-state index in [2.05, 4.69) is 11.6 Å². The average Bonchev–Trinajstić information content (AvgIpc) is 1.87. The van der Waals surface area contributed by atoms with Gasteiger partial charge in [-0.05, 0) is 25.5 Å². The zero-order chi connectivity index (χ0) is 7.28. The Morgan fingerprint density at radius 2 is 2.00 bits per heavy atom. The lowest BCUT2D eigenvalue weighted by molar-refractivity contribution is 1.42. The molecule has 0 bridgehead atoms. The molecule has 0 aromatic carbocycles. The fraction of sp³-hybridized carbons (Fsp3) is 0.375. The molecule has 0 N–H and O–H groups in total. The second-order valence-electron chi connectivity index (χ2n) is 1.96. The van der Waals surface area contributed by atoms with Gasteiger partial charge in [0.2, 0.25) is 0 Å². The first-order chi connectivity index (χ1) is 4.20. The predicted octanol–water partition coefficient (Wildman–Crippen LogP) is 2.21. The molecule has 0 aromatic rings. The Morgan fingerprint density at radius 3 is 2.33 bits per heavy atom. The number of hydrogen-bond donors (Lipinski definition) is 0. The van der Waals surface area contributed by atoms with Gasteiger partial charge in [0, 0.05) is 12.8 Å².